The van der Waals surface area contributed by atoms with Crippen molar-refractivity contribution in [1.82, 2.24) is 4.31 Å². The molecule has 0 bridgehead atoms. The van der Waals surface area contributed by atoms with Gasteiger partial charge in [0.15, 0.2) is 9.84 Å². The molecule has 1 amide bonds. The second-order valence-electron chi connectivity index (χ2n) is 8.79. The number of hydrogen-bond donors (Lipinski definition) is 2. The molecular weight excluding hydrogens is 523 g/mol. The Morgan fingerprint density at radius 2 is 1.73 bits per heavy atom. The minimum Gasteiger partial charge on any atom is -0.506 e. The Morgan fingerprint density at radius 1 is 1.03 bits per heavy atom. The van der Waals surface area contributed by atoms with Gasteiger partial charge in [0.2, 0.25) is 10.0 Å². The van der Waals surface area contributed by atoms with Crippen molar-refractivity contribution >= 4 is 31.5 Å². The summed E-state index contributed by atoms with van der Waals surface area (Å²) in [6.45, 7) is 0.977. The Morgan fingerprint density at radius 3 is 2.38 bits per heavy atom. The van der Waals surface area contributed by atoms with Crippen LogP contribution in [0.3, 0.4) is 0 Å². The van der Waals surface area contributed by atoms with Gasteiger partial charge in [-0.15, -0.1) is 0 Å². The molecule has 0 saturated heterocycles. The molecule has 1 aliphatic heterocycles. The van der Waals surface area contributed by atoms with Gasteiger partial charge in [-0.25, -0.2) is 21.2 Å². The van der Waals surface area contributed by atoms with Crippen molar-refractivity contribution in [1.29, 1.82) is 0 Å². The molecule has 0 aromatic heterocycles. The number of carbonyl (C=O) groups excluding carboxylic acids is 1. The Hall–Kier alpha value is -3.48. The maximum Gasteiger partial charge on any atom is 0.255 e. The lowest BCUT2D eigenvalue weighted by atomic mass is 10.0. The SMILES string of the molecule is CS(=O)(=O)c1cc(NC(=O)c2ccc(COc3ccc4c(c3)CCN(S(C)(=O)=O)C4)cc2)c(F)cc1O. The van der Waals surface area contributed by atoms with Crippen molar-refractivity contribution in [2.24, 2.45) is 0 Å². The number of phenolic OH excluding ortho intramolecular Hbond substituents is 1. The summed E-state index contributed by atoms with van der Waals surface area (Å²) in [5, 5.41) is 12.0. The molecule has 3 aromatic carbocycles. The van der Waals surface area contributed by atoms with E-state index in [2.05, 4.69) is 5.32 Å². The van der Waals surface area contributed by atoms with Crippen molar-refractivity contribution < 1.29 is 35.9 Å². The number of carbonyl (C=O) groups is 1. The van der Waals surface area contributed by atoms with Gasteiger partial charge in [0, 0.05) is 31.0 Å². The van der Waals surface area contributed by atoms with Gasteiger partial charge < -0.3 is 15.2 Å². The average molecular weight is 549 g/mol. The van der Waals surface area contributed by atoms with Gasteiger partial charge in [0.25, 0.3) is 5.91 Å². The fourth-order valence-electron chi connectivity index (χ4n) is 3.93. The number of halogens is 1. The minimum absolute atomic E-state index is 0.210. The molecule has 0 radical (unpaired) electrons. The lowest BCUT2D eigenvalue weighted by Crippen LogP contribution is -2.35. The van der Waals surface area contributed by atoms with E-state index in [0.29, 0.717) is 31.3 Å². The van der Waals surface area contributed by atoms with Gasteiger partial charge in [-0.05, 0) is 53.4 Å². The molecule has 3 aromatic rings. The fourth-order valence-corrected chi connectivity index (χ4v) is 5.49. The molecule has 9 nitrogen and oxygen atoms in total. The molecule has 0 saturated carbocycles. The molecule has 2 N–H and O–H groups in total. The fraction of sp³-hybridized carbons (Fsp3) is 0.240. The lowest BCUT2D eigenvalue weighted by molar-refractivity contribution is 0.102. The molecule has 4 rings (SSSR count). The van der Waals surface area contributed by atoms with Crippen LogP contribution >= 0.6 is 0 Å². The Bertz CT molecular complexity index is 1570. The van der Waals surface area contributed by atoms with Crippen LogP contribution in [0.25, 0.3) is 0 Å². The number of anilines is 1. The van der Waals surface area contributed by atoms with Crippen LogP contribution in [0, 0.1) is 5.82 Å². The first-order chi connectivity index (χ1) is 17.3. The van der Waals surface area contributed by atoms with Crippen LogP contribution in [0.15, 0.2) is 59.5 Å². The summed E-state index contributed by atoms with van der Waals surface area (Å²) < 4.78 is 68.6. The summed E-state index contributed by atoms with van der Waals surface area (Å²) in [6, 6.07) is 13.4. The Balaban J connectivity index is 1.39. The number of nitrogens with one attached hydrogen (secondary N) is 1. The third-order valence-electron chi connectivity index (χ3n) is 5.94. The molecule has 1 aliphatic rings. The van der Waals surface area contributed by atoms with Gasteiger partial charge in [-0.1, -0.05) is 18.2 Å². The van der Waals surface area contributed by atoms with Gasteiger partial charge >= 0.3 is 0 Å². The Kier molecular flexibility index (Phi) is 7.27. The molecular formula is C25H25FN2O7S2. The molecule has 0 atom stereocenters. The maximum absolute atomic E-state index is 14.2. The highest BCUT2D eigenvalue weighted by molar-refractivity contribution is 7.90. The molecule has 1 heterocycles. The number of nitrogens with zero attached hydrogens (tertiary/aromatic N) is 1. The van der Waals surface area contributed by atoms with E-state index < -0.39 is 42.2 Å². The zero-order valence-corrected chi connectivity index (χ0v) is 21.7. The van der Waals surface area contributed by atoms with E-state index in [1.807, 2.05) is 12.1 Å². The zero-order valence-electron chi connectivity index (χ0n) is 20.1. The van der Waals surface area contributed by atoms with Crippen LogP contribution in [0.4, 0.5) is 10.1 Å². The monoisotopic (exact) mass is 548 g/mol. The summed E-state index contributed by atoms with van der Waals surface area (Å²) in [4.78, 5) is 12.1. The molecule has 0 unspecified atom stereocenters. The topological polar surface area (TPSA) is 130 Å². The van der Waals surface area contributed by atoms with Crippen molar-refractivity contribution in [2.45, 2.75) is 24.5 Å². The van der Waals surface area contributed by atoms with Crippen molar-refractivity contribution in [3.05, 3.63) is 82.7 Å². The summed E-state index contributed by atoms with van der Waals surface area (Å²) in [7, 11) is -7.07. The van der Waals surface area contributed by atoms with E-state index in [1.165, 1.54) is 22.7 Å². The maximum atomic E-state index is 14.2. The number of amides is 1. The number of fused-ring (bicyclic) bond motifs is 1. The number of phenols is 1. The quantitative estimate of drug-likeness (QED) is 0.343. The standard InChI is InChI=1S/C25H25FN2O7S2/c1-36(31,32)24-13-22(21(26)12-23(24)29)27-25(30)17-5-3-16(4-6-17)15-35-20-8-7-19-14-28(37(2,33)34)10-9-18(19)11-20/h3-8,11-13,29H,9-10,14-15H2,1-2H3,(H,27,30). The van der Waals surface area contributed by atoms with Crippen LogP contribution in [-0.4, -0.2) is 51.2 Å². The summed E-state index contributed by atoms with van der Waals surface area (Å²) in [5.41, 5.74) is 2.58. The minimum atomic E-state index is -3.83. The lowest BCUT2D eigenvalue weighted by Gasteiger charge is -2.27. The Labute approximate surface area is 214 Å². The number of ether oxygens (including phenoxy) is 1. The van der Waals surface area contributed by atoms with Gasteiger partial charge in [-0.3, -0.25) is 4.79 Å². The predicted molar refractivity (Wildman–Crippen MR) is 135 cm³/mol. The van der Waals surface area contributed by atoms with Crippen LogP contribution in [0.1, 0.15) is 27.0 Å². The van der Waals surface area contributed by atoms with E-state index in [-0.39, 0.29) is 17.9 Å². The number of sulfonamides is 1. The first-order valence-corrected chi connectivity index (χ1v) is 14.9. The van der Waals surface area contributed by atoms with E-state index in [9.17, 15) is 31.1 Å². The zero-order chi connectivity index (χ0) is 27.0. The predicted octanol–water partition coefficient (Wildman–Crippen LogP) is 3.08. The van der Waals surface area contributed by atoms with Crippen molar-refractivity contribution in [3.8, 4) is 11.5 Å². The molecule has 0 fully saturated rings. The number of aromatic hydroxyl groups is 1. The van der Waals surface area contributed by atoms with E-state index >= 15 is 0 Å². The second kappa shape index (κ2) is 10.1. The van der Waals surface area contributed by atoms with Crippen LogP contribution in [-0.2, 0) is 39.4 Å². The van der Waals surface area contributed by atoms with Crippen LogP contribution in [0.5, 0.6) is 11.5 Å². The second-order valence-corrected chi connectivity index (χ2v) is 12.8. The van der Waals surface area contributed by atoms with Gasteiger partial charge in [-0.2, -0.15) is 4.31 Å². The molecule has 12 heteroatoms. The molecule has 0 spiro atoms. The van der Waals surface area contributed by atoms with Crippen molar-refractivity contribution in [2.75, 3.05) is 24.4 Å². The number of hydrogen-bond acceptors (Lipinski definition) is 7. The number of benzene rings is 3. The summed E-state index contributed by atoms with van der Waals surface area (Å²) in [6.07, 6.45) is 2.66. The molecule has 0 aliphatic carbocycles. The molecule has 196 valence electrons. The highest BCUT2D eigenvalue weighted by Crippen LogP contribution is 2.29. The van der Waals surface area contributed by atoms with E-state index in [0.717, 1.165) is 29.0 Å². The average Bonchev–Trinajstić information content (AvgIpc) is 2.82. The van der Waals surface area contributed by atoms with Crippen LogP contribution in [0.2, 0.25) is 0 Å². The van der Waals surface area contributed by atoms with Crippen LogP contribution < -0.4 is 10.1 Å². The largest absolute Gasteiger partial charge is 0.506 e. The van der Waals surface area contributed by atoms with Crippen molar-refractivity contribution in [3.63, 3.8) is 0 Å². The smallest absolute Gasteiger partial charge is 0.255 e. The highest BCUT2D eigenvalue weighted by atomic mass is 32.2. The van der Waals surface area contributed by atoms with Gasteiger partial charge in [0.05, 0.1) is 11.9 Å². The third kappa shape index (κ3) is 6.27. The highest BCUT2D eigenvalue weighted by Gasteiger charge is 2.23. The third-order valence-corrected chi connectivity index (χ3v) is 8.32. The first-order valence-electron chi connectivity index (χ1n) is 11.1. The van der Waals surface area contributed by atoms with E-state index in [1.54, 1.807) is 18.2 Å². The van der Waals surface area contributed by atoms with E-state index in [4.69, 9.17) is 4.74 Å². The summed E-state index contributed by atoms with van der Waals surface area (Å²) in [5.74, 6) is -1.73. The number of rotatable bonds is 7. The molecule has 37 heavy (non-hydrogen) atoms. The van der Waals surface area contributed by atoms with Gasteiger partial charge in [0.1, 0.15) is 28.8 Å². The first kappa shape index (κ1) is 26.6. The summed E-state index contributed by atoms with van der Waals surface area (Å²) >= 11 is 0. The normalized spacial score (nSPS) is 14.1. The number of sulfone groups is 1.